The van der Waals surface area contributed by atoms with E-state index >= 15 is 4.39 Å². The number of carbonyl (C=O) groups is 2. The number of hydrogen-bond donors (Lipinski definition) is 0. The van der Waals surface area contributed by atoms with E-state index in [0.717, 1.165) is 34.4 Å². The van der Waals surface area contributed by atoms with E-state index in [1.807, 2.05) is 70.2 Å². The first-order chi connectivity index (χ1) is 19.5. The quantitative estimate of drug-likeness (QED) is 0.267. The molecule has 216 valence electrons. The molecule has 2 heterocycles. The van der Waals surface area contributed by atoms with Crippen molar-refractivity contribution in [2.75, 3.05) is 0 Å². The Kier molecular flexibility index (Phi) is 8.42. The van der Waals surface area contributed by atoms with E-state index in [1.165, 1.54) is 11.0 Å². The second kappa shape index (κ2) is 11.8. The van der Waals surface area contributed by atoms with Crippen LogP contribution in [0.25, 0.3) is 0 Å². The largest absolute Gasteiger partial charge is 0.487 e. The predicted octanol–water partition coefficient (Wildman–Crippen LogP) is 7.35. The van der Waals surface area contributed by atoms with Gasteiger partial charge in [-0.15, -0.1) is 0 Å². The minimum absolute atomic E-state index is 0.0889. The maximum Gasteiger partial charge on any atom is 0.232 e. The van der Waals surface area contributed by atoms with Gasteiger partial charge in [0.1, 0.15) is 18.0 Å². The molecule has 2 aliphatic heterocycles. The third-order valence-corrected chi connectivity index (χ3v) is 8.48. The van der Waals surface area contributed by atoms with Gasteiger partial charge >= 0.3 is 0 Å². The summed E-state index contributed by atoms with van der Waals surface area (Å²) in [7, 11) is 0. The van der Waals surface area contributed by atoms with E-state index in [9.17, 15) is 9.59 Å². The molecule has 3 unspecified atom stereocenters. The molecule has 3 aromatic rings. The van der Waals surface area contributed by atoms with Gasteiger partial charge in [-0.25, -0.2) is 4.39 Å². The molecule has 0 radical (unpaired) electrons. The Balaban J connectivity index is 1.21. The predicted molar refractivity (Wildman–Crippen MR) is 158 cm³/mol. The van der Waals surface area contributed by atoms with Crippen LogP contribution in [0.3, 0.4) is 0 Å². The van der Waals surface area contributed by atoms with Crippen LogP contribution in [0.4, 0.5) is 4.39 Å². The summed E-state index contributed by atoms with van der Waals surface area (Å²) in [5, 5.41) is 0.596. The number of hydrogen-bond acceptors (Lipinski definition) is 4. The number of halogens is 2. The Labute approximate surface area is 246 Å². The molecule has 0 aromatic heterocycles. The zero-order chi connectivity index (χ0) is 29.3. The molecule has 0 bridgehead atoms. The number of ether oxygens (including phenoxy) is 2. The van der Waals surface area contributed by atoms with Crippen LogP contribution in [0.1, 0.15) is 62.8 Å². The van der Waals surface area contributed by atoms with Gasteiger partial charge in [-0.1, -0.05) is 61.8 Å². The molecule has 0 aliphatic carbocycles. The molecule has 41 heavy (non-hydrogen) atoms. The van der Waals surface area contributed by atoms with Crippen LogP contribution >= 0.6 is 11.6 Å². The SMILES string of the molecule is CC(Cc1ccc(OCc2cc(Cl)cc3c2OC(C)(C)C3)c(F)c1)C(C)C(=O)N1C(=O)CCC1Cc1ccccc1. The van der Waals surface area contributed by atoms with Gasteiger partial charge in [-0.05, 0) is 80.0 Å². The molecule has 2 amide bonds. The summed E-state index contributed by atoms with van der Waals surface area (Å²) in [6.07, 6.45) is 2.97. The molecule has 0 saturated carbocycles. The van der Waals surface area contributed by atoms with Gasteiger partial charge in [-0.3, -0.25) is 14.5 Å². The van der Waals surface area contributed by atoms with Gasteiger partial charge in [0.2, 0.25) is 11.8 Å². The van der Waals surface area contributed by atoms with Crippen molar-refractivity contribution in [3.63, 3.8) is 0 Å². The third-order valence-electron chi connectivity index (χ3n) is 8.26. The van der Waals surface area contributed by atoms with Crippen LogP contribution in [0.2, 0.25) is 5.02 Å². The van der Waals surface area contributed by atoms with Crippen LogP contribution in [0.15, 0.2) is 60.7 Å². The summed E-state index contributed by atoms with van der Waals surface area (Å²) >= 11 is 6.31. The number of fused-ring (bicyclic) bond motifs is 1. The Morgan fingerprint density at radius 1 is 1.12 bits per heavy atom. The molecule has 1 saturated heterocycles. The second-order valence-electron chi connectivity index (χ2n) is 12.1. The van der Waals surface area contributed by atoms with Crippen LogP contribution in [-0.2, 0) is 35.5 Å². The number of amides is 2. The Morgan fingerprint density at radius 3 is 2.61 bits per heavy atom. The van der Waals surface area contributed by atoms with Gasteiger partial charge < -0.3 is 9.47 Å². The Morgan fingerprint density at radius 2 is 1.88 bits per heavy atom. The summed E-state index contributed by atoms with van der Waals surface area (Å²) < 4.78 is 27.0. The van der Waals surface area contributed by atoms with Crippen molar-refractivity contribution in [1.82, 2.24) is 4.90 Å². The summed E-state index contributed by atoms with van der Waals surface area (Å²) in [4.78, 5) is 27.6. The highest BCUT2D eigenvalue weighted by atomic mass is 35.5. The normalized spacial score (nSPS) is 19.0. The lowest BCUT2D eigenvalue weighted by atomic mass is 9.88. The highest BCUT2D eigenvalue weighted by molar-refractivity contribution is 6.30. The van der Waals surface area contributed by atoms with Crippen molar-refractivity contribution in [3.8, 4) is 11.5 Å². The molecular weight excluding hydrogens is 541 g/mol. The van der Waals surface area contributed by atoms with E-state index in [4.69, 9.17) is 21.1 Å². The van der Waals surface area contributed by atoms with Crippen LogP contribution in [0, 0.1) is 17.7 Å². The molecular formula is C34H37ClFNO4. The topological polar surface area (TPSA) is 55.8 Å². The fourth-order valence-corrected chi connectivity index (χ4v) is 6.20. The first kappa shape index (κ1) is 29.1. The number of carbonyl (C=O) groups excluding carboxylic acids is 2. The second-order valence-corrected chi connectivity index (χ2v) is 12.5. The maximum atomic E-state index is 15.1. The Hall–Kier alpha value is -3.38. The standard InChI is InChI=1S/C34H37ClFNO4/c1-21(22(2)33(39)37-28(11-13-31(37)38)15-23-8-6-5-7-9-23)14-24-10-12-30(29(36)16-24)40-20-26-18-27(35)17-25-19-34(3,4)41-32(25)26/h5-10,12,16-18,21-22,28H,11,13-15,19-20H2,1-4H3. The van der Waals surface area contributed by atoms with E-state index in [2.05, 4.69) is 0 Å². The fraction of sp³-hybridized carbons (Fsp3) is 0.412. The number of rotatable bonds is 9. The number of benzene rings is 3. The summed E-state index contributed by atoms with van der Waals surface area (Å²) in [6.45, 7) is 8.00. The molecule has 0 spiro atoms. The first-order valence-corrected chi connectivity index (χ1v) is 14.7. The number of likely N-dealkylation sites (tertiary alicyclic amines) is 1. The van der Waals surface area contributed by atoms with Crippen molar-refractivity contribution in [3.05, 3.63) is 93.8 Å². The van der Waals surface area contributed by atoms with Gasteiger partial charge in [0, 0.05) is 35.4 Å². The lowest BCUT2D eigenvalue weighted by molar-refractivity contribution is -0.147. The summed E-state index contributed by atoms with van der Waals surface area (Å²) in [6, 6.07) is 18.4. The average molecular weight is 578 g/mol. The minimum Gasteiger partial charge on any atom is -0.487 e. The average Bonchev–Trinajstić information content (AvgIpc) is 3.44. The van der Waals surface area contributed by atoms with E-state index in [1.54, 1.807) is 12.1 Å². The van der Waals surface area contributed by atoms with Gasteiger partial charge in [0.15, 0.2) is 11.6 Å². The first-order valence-electron chi connectivity index (χ1n) is 14.3. The summed E-state index contributed by atoms with van der Waals surface area (Å²) in [5.74, 6) is -0.305. The summed E-state index contributed by atoms with van der Waals surface area (Å²) in [5.41, 5.74) is 3.36. The lowest BCUT2D eigenvalue weighted by Gasteiger charge is -2.28. The minimum atomic E-state index is -0.466. The molecule has 0 N–H and O–H groups in total. The molecule has 2 aliphatic rings. The van der Waals surface area contributed by atoms with Gasteiger partial charge in [0.25, 0.3) is 0 Å². The zero-order valence-electron chi connectivity index (χ0n) is 24.1. The van der Waals surface area contributed by atoms with Gasteiger partial charge in [0.05, 0.1) is 0 Å². The van der Waals surface area contributed by atoms with Crippen molar-refractivity contribution in [1.29, 1.82) is 0 Å². The van der Waals surface area contributed by atoms with Crippen LogP contribution in [-0.4, -0.2) is 28.4 Å². The monoisotopic (exact) mass is 577 g/mol. The van der Waals surface area contributed by atoms with Crippen LogP contribution < -0.4 is 9.47 Å². The molecule has 1 fully saturated rings. The van der Waals surface area contributed by atoms with E-state index in [-0.39, 0.29) is 47.6 Å². The molecule has 3 aromatic carbocycles. The highest BCUT2D eigenvalue weighted by Gasteiger charge is 2.39. The van der Waals surface area contributed by atoms with Crippen LogP contribution in [0.5, 0.6) is 11.5 Å². The Bertz CT molecular complexity index is 1440. The van der Waals surface area contributed by atoms with Crippen molar-refractivity contribution < 1.29 is 23.5 Å². The van der Waals surface area contributed by atoms with Crippen molar-refractivity contribution >= 4 is 23.4 Å². The molecule has 7 heteroatoms. The lowest BCUT2D eigenvalue weighted by Crippen LogP contribution is -2.44. The van der Waals surface area contributed by atoms with E-state index < -0.39 is 5.82 Å². The maximum absolute atomic E-state index is 15.1. The van der Waals surface area contributed by atoms with E-state index in [0.29, 0.717) is 30.7 Å². The zero-order valence-corrected chi connectivity index (χ0v) is 24.8. The highest BCUT2D eigenvalue weighted by Crippen LogP contribution is 2.40. The van der Waals surface area contributed by atoms with Gasteiger partial charge in [-0.2, -0.15) is 0 Å². The van der Waals surface area contributed by atoms with Crippen molar-refractivity contribution in [2.45, 2.75) is 78.0 Å². The third kappa shape index (κ3) is 6.59. The molecule has 3 atom stereocenters. The molecule has 5 rings (SSSR count). The number of imide groups is 1. The number of nitrogens with zero attached hydrogens (tertiary/aromatic N) is 1. The fourth-order valence-electron chi connectivity index (χ4n) is 5.93. The van der Waals surface area contributed by atoms with Crippen molar-refractivity contribution in [2.24, 2.45) is 11.8 Å². The molecule has 5 nitrogen and oxygen atoms in total. The smallest absolute Gasteiger partial charge is 0.232 e.